The third-order valence-corrected chi connectivity index (χ3v) is 5.94. The molecule has 0 atom stereocenters. The minimum atomic E-state index is 0.820. The van der Waals surface area contributed by atoms with Crippen molar-refractivity contribution >= 4 is 39.1 Å². The zero-order chi connectivity index (χ0) is 17.1. The lowest BCUT2D eigenvalue weighted by Crippen LogP contribution is -2.06. The predicted octanol–water partition coefficient (Wildman–Crippen LogP) is 4.30. The molecule has 0 aliphatic rings. The summed E-state index contributed by atoms with van der Waals surface area (Å²) in [6, 6.07) is 12.6. The second kappa shape index (κ2) is 7.25. The van der Waals surface area contributed by atoms with E-state index in [0.717, 1.165) is 33.5 Å². The fourth-order valence-electron chi connectivity index (χ4n) is 2.54. The Kier molecular flexibility index (Phi) is 4.67. The van der Waals surface area contributed by atoms with Gasteiger partial charge in [0.05, 0.1) is 5.39 Å². The first kappa shape index (κ1) is 16.1. The van der Waals surface area contributed by atoms with Crippen LogP contribution in [-0.2, 0) is 7.05 Å². The highest BCUT2D eigenvalue weighted by Gasteiger charge is 2.10. The standard InChI is InChI=1S/C18H17N5S2/c1-23-9-7-20-18(23)24-10-8-19-16-14-11-15(13-5-3-2-4-6-13)25-17(14)22-12-21-16/h2-7,9,11-12H,8,10H2,1H3,(H,19,21,22). The number of thioether (sulfide) groups is 1. The number of hydrogen-bond donors (Lipinski definition) is 1. The first-order chi connectivity index (χ1) is 12.3. The van der Waals surface area contributed by atoms with Crippen LogP contribution in [-0.4, -0.2) is 31.8 Å². The smallest absolute Gasteiger partial charge is 0.167 e. The number of thiophene rings is 1. The Morgan fingerprint density at radius 2 is 2.04 bits per heavy atom. The minimum absolute atomic E-state index is 0.820. The number of fused-ring (bicyclic) bond motifs is 1. The molecule has 3 aromatic heterocycles. The van der Waals surface area contributed by atoms with Gasteiger partial charge >= 0.3 is 0 Å². The average Bonchev–Trinajstić information content (AvgIpc) is 3.26. The Hall–Kier alpha value is -2.38. The van der Waals surface area contributed by atoms with Crippen molar-refractivity contribution in [2.75, 3.05) is 17.6 Å². The van der Waals surface area contributed by atoms with Crippen molar-refractivity contribution in [2.24, 2.45) is 7.05 Å². The van der Waals surface area contributed by atoms with Crippen LogP contribution in [0.4, 0.5) is 5.82 Å². The van der Waals surface area contributed by atoms with Gasteiger partial charge in [0.2, 0.25) is 0 Å². The van der Waals surface area contributed by atoms with Gasteiger partial charge in [-0.05, 0) is 11.6 Å². The van der Waals surface area contributed by atoms with E-state index in [4.69, 9.17) is 0 Å². The van der Waals surface area contributed by atoms with E-state index in [0.29, 0.717) is 0 Å². The van der Waals surface area contributed by atoms with Crippen LogP contribution >= 0.6 is 23.1 Å². The third-order valence-electron chi connectivity index (χ3n) is 3.79. The van der Waals surface area contributed by atoms with Crippen molar-refractivity contribution < 1.29 is 0 Å². The number of hydrogen-bond acceptors (Lipinski definition) is 6. The van der Waals surface area contributed by atoms with E-state index in [2.05, 4.69) is 50.6 Å². The van der Waals surface area contributed by atoms with E-state index < -0.39 is 0 Å². The van der Waals surface area contributed by atoms with Crippen LogP contribution in [0.1, 0.15) is 0 Å². The van der Waals surface area contributed by atoms with Crippen molar-refractivity contribution in [3.8, 4) is 10.4 Å². The van der Waals surface area contributed by atoms with Crippen LogP contribution in [0.3, 0.4) is 0 Å². The topological polar surface area (TPSA) is 55.6 Å². The molecule has 1 N–H and O–H groups in total. The highest BCUT2D eigenvalue weighted by atomic mass is 32.2. The summed E-state index contributed by atoms with van der Waals surface area (Å²) in [4.78, 5) is 15.4. The maximum absolute atomic E-state index is 4.42. The highest BCUT2D eigenvalue weighted by Crippen LogP contribution is 2.34. The van der Waals surface area contributed by atoms with Gasteiger partial charge in [0.15, 0.2) is 5.16 Å². The molecule has 7 heteroatoms. The average molecular weight is 368 g/mol. The van der Waals surface area contributed by atoms with Crippen LogP contribution in [0.2, 0.25) is 0 Å². The molecule has 0 saturated heterocycles. The molecule has 0 aliphatic heterocycles. The summed E-state index contributed by atoms with van der Waals surface area (Å²) >= 11 is 3.42. The predicted molar refractivity (Wildman–Crippen MR) is 105 cm³/mol. The normalized spacial score (nSPS) is 11.1. The third kappa shape index (κ3) is 3.52. The lowest BCUT2D eigenvalue weighted by Gasteiger charge is -2.06. The molecule has 3 heterocycles. The highest BCUT2D eigenvalue weighted by molar-refractivity contribution is 7.99. The molecule has 0 fully saturated rings. The fraction of sp³-hybridized carbons (Fsp3) is 0.167. The number of imidazole rings is 1. The summed E-state index contributed by atoms with van der Waals surface area (Å²) in [5, 5.41) is 5.53. The Labute approximate surface area is 154 Å². The summed E-state index contributed by atoms with van der Waals surface area (Å²) < 4.78 is 2.03. The van der Waals surface area contributed by atoms with Gasteiger partial charge in [-0.15, -0.1) is 11.3 Å². The molecule has 0 amide bonds. The maximum atomic E-state index is 4.42. The largest absolute Gasteiger partial charge is 0.369 e. The van der Waals surface area contributed by atoms with Gasteiger partial charge in [0, 0.05) is 36.6 Å². The maximum Gasteiger partial charge on any atom is 0.167 e. The first-order valence-electron chi connectivity index (χ1n) is 7.95. The molecule has 0 aliphatic carbocycles. The summed E-state index contributed by atoms with van der Waals surface area (Å²) in [5.41, 5.74) is 1.21. The SMILES string of the molecule is Cn1ccnc1SCCNc1ncnc2sc(-c3ccccc3)cc12. The Bertz CT molecular complexity index is 977. The molecule has 126 valence electrons. The number of aryl methyl sites for hydroxylation is 1. The first-order valence-corrected chi connectivity index (χ1v) is 9.75. The summed E-state index contributed by atoms with van der Waals surface area (Å²) in [6.45, 7) is 0.820. The molecule has 0 saturated carbocycles. The number of aromatic nitrogens is 4. The van der Waals surface area contributed by atoms with Gasteiger partial charge in [-0.1, -0.05) is 42.1 Å². The van der Waals surface area contributed by atoms with E-state index >= 15 is 0 Å². The Morgan fingerprint density at radius 3 is 2.84 bits per heavy atom. The second-order valence-electron chi connectivity index (χ2n) is 5.51. The molecule has 5 nitrogen and oxygen atoms in total. The fourth-order valence-corrected chi connectivity index (χ4v) is 4.33. The monoisotopic (exact) mass is 367 g/mol. The van der Waals surface area contributed by atoms with Gasteiger partial charge in [-0.2, -0.15) is 0 Å². The number of anilines is 1. The lowest BCUT2D eigenvalue weighted by atomic mass is 10.2. The minimum Gasteiger partial charge on any atom is -0.369 e. The van der Waals surface area contributed by atoms with Crippen LogP contribution in [0, 0.1) is 0 Å². The number of rotatable bonds is 6. The van der Waals surface area contributed by atoms with Gasteiger partial charge in [-0.3, -0.25) is 0 Å². The molecule has 0 radical (unpaired) electrons. The number of nitrogens with zero attached hydrogens (tertiary/aromatic N) is 4. The zero-order valence-electron chi connectivity index (χ0n) is 13.7. The van der Waals surface area contributed by atoms with Crippen LogP contribution in [0.5, 0.6) is 0 Å². The molecule has 0 unspecified atom stereocenters. The van der Waals surface area contributed by atoms with E-state index in [1.165, 1.54) is 10.4 Å². The van der Waals surface area contributed by atoms with Crippen LogP contribution in [0.25, 0.3) is 20.7 Å². The number of benzene rings is 1. The van der Waals surface area contributed by atoms with E-state index in [1.54, 1.807) is 29.4 Å². The van der Waals surface area contributed by atoms with Gasteiger partial charge in [0.25, 0.3) is 0 Å². The van der Waals surface area contributed by atoms with Crippen molar-refractivity contribution in [1.82, 2.24) is 19.5 Å². The molecule has 25 heavy (non-hydrogen) atoms. The van der Waals surface area contributed by atoms with Crippen molar-refractivity contribution in [3.63, 3.8) is 0 Å². The van der Waals surface area contributed by atoms with Crippen molar-refractivity contribution in [3.05, 3.63) is 55.1 Å². The van der Waals surface area contributed by atoms with Crippen LogP contribution in [0.15, 0.2) is 60.3 Å². The van der Waals surface area contributed by atoms with Crippen molar-refractivity contribution in [2.45, 2.75) is 5.16 Å². The molecule has 1 aromatic carbocycles. The van der Waals surface area contributed by atoms with Gasteiger partial charge in [-0.25, -0.2) is 15.0 Å². The molecule has 4 rings (SSSR count). The second-order valence-corrected chi connectivity index (χ2v) is 7.61. The van der Waals surface area contributed by atoms with Crippen molar-refractivity contribution in [1.29, 1.82) is 0 Å². The number of nitrogens with one attached hydrogen (secondary N) is 1. The molecular formula is C18H17N5S2. The molecule has 0 bridgehead atoms. The van der Waals surface area contributed by atoms with E-state index in [9.17, 15) is 0 Å². The zero-order valence-corrected chi connectivity index (χ0v) is 15.3. The molecule has 4 aromatic rings. The molecule has 0 spiro atoms. The Balaban J connectivity index is 1.48. The van der Waals surface area contributed by atoms with E-state index in [1.807, 2.05) is 30.1 Å². The van der Waals surface area contributed by atoms with E-state index in [-0.39, 0.29) is 0 Å². The summed E-state index contributed by atoms with van der Waals surface area (Å²) in [6.07, 6.45) is 5.40. The summed E-state index contributed by atoms with van der Waals surface area (Å²) in [7, 11) is 2.01. The van der Waals surface area contributed by atoms with Gasteiger partial charge < -0.3 is 9.88 Å². The quantitative estimate of drug-likeness (QED) is 0.407. The Morgan fingerprint density at radius 1 is 1.16 bits per heavy atom. The lowest BCUT2D eigenvalue weighted by molar-refractivity contribution is 0.790. The molecular weight excluding hydrogens is 350 g/mol. The van der Waals surface area contributed by atoms with Crippen LogP contribution < -0.4 is 5.32 Å². The summed E-state index contributed by atoms with van der Waals surface area (Å²) in [5.74, 6) is 1.82. The van der Waals surface area contributed by atoms with Gasteiger partial charge in [0.1, 0.15) is 17.0 Å².